The molecule has 0 bridgehead atoms. The Morgan fingerprint density at radius 1 is 0.656 bits per heavy atom. The lowest BCUT2D eigenvalue weighted by Crippen LogP contribution is -2.05. The van der Waals surface area contributed by atoms with Gasteiger partial charge in [0, 0.05) is 18.1 Å². The van der Waals surface area contributed by atoms with Crippen LogP contribution in [0.25, 0.3) is 5.69 Å². The molecule has 0 N–H and O–H groups in total. The topological polar surface area (TPSA) is 17.8 Å². The third-order valence-corrected chi connectivity index (χ3v) is 6.97. The average Bonchev–Trinajstić information content (AvgIpc) is 3.36. The molecule has 0 aliphatic carbocycles. The lowest BCUT2D eigenvalue weighted by Gasteiger charge is -2.21. The van der Waals surface area contributed by atoms with Gasteiger partial charge in [-0.1, -0.05) is 135 Å². The lowest BCUT2D eigenvalue weighted by molar-refractivity contribution is 0.482. The summed E-state index contributed by atoms with van der Waals surface area (Å²) in [6, 6.07) is 9.04. The second kappa shape index (κ2) is 17.9. The number of unbranched alkanes of at least 4 members (excludes halogenated alkanes) is 14. The van der Waals surface area contributed by atoms with E-state index < -0.39 is 0 Å². The van der Waals surface area contributed by atoms with Gasteiger partial charge in [-0.05, 0) is 30.4 Å². The molecule has 0 amide bonds. The maximum atomic E-state index is 4.30. The third kappa shape index (κ3) is 10.8. The van der Waals surface area contributed by atoms with E-state index in [0.717, 1.165) is 0 Å². The van der Waals surface area contributed by atoms with E-state index in [1.54, 1.807) is 0 Å². The number of hydrogen-bond donors (Lipinski definition) is 0. The molecular formula is C30H50N2. The van der Waals surface area contributed by atoms with Crippen molar-refractivity contribution in [3.05, 3.63) is 48.5 Å². The summed E-state index contributed by atoms with van der Waals surface area (Å²) < 4.78 is 2.20. The molecule has 1 aromatic carbocycles. The van der Waals surface area contributed by atoms with Gasteiger partial charge in [-0.3, -0.25) is 0 Å². The first-order valence-corrected chi connectivity index (χ1v) is 13.9. The Morgan fingerprint density at radius 2 is 1.16 bits per heavy atom. The fraction of sp³-hybridized carbons (Fsp3) is 0.700. The molecule has 0 aliphatic rings. The molecule has 2 heteroatoms. The molecule has 1 aromatic heterocycles. The minimum Gasteiger partial charge on any atom is -0.306 e. The summed E-state index contributed by atoms with van der Waals surface area (Å²) in [7, 11) is 0. The Bertz CT molecular complexity index is 641. The molecule has 0 saturated carbocycles. The number of hydrogen-bond acceptors (Lipinski definition) is 1. The van der Waals surface area contributed by atoms with E-state index >= 15 is 0 Å². The predicted octanol–water partition coefficient (Wildman–Crippen LogP) is 10.0. The molecule has 0 saturated heterocycles. The maximum absolute atomic E-state index is 4.30. The molecule has 0 aliphatic heterocycles. The zero-order valence-electron chi connectivity index (χ0n) is 21.2. The molecule has 180 valence electrons. The van der Waals surface area contributed by atoms with Gasteiger partial charge in [0.2, 0.25) is 0 Å². The van der Waals surface area contributed by atoms with Crippen molar-refractivity contribution in [2.75, 3.05) is 0 Å². The zero-order chi connectivity index (χ0) is 22.7. The summed E-state index contributed by atoms with van der Waals surface area (Å²) in [6.45, 7) is 4.60. The van der Waals surface area contributed by atoms with Gasteiger partial charge in [0.1, 0.15) is 0 Å². The first-order valence-electron chi connectivity index (χ1n) is 13.9. The van der Waals surface area contributed by atoms with E-state index in [0.29, 0.717) is 5.92 Å². The minimum absolute atomic E-state index is 0.675. The van der Waals surface area contributed by atoms with Crippen molar-refractivity contribution in [3.63, 3.8) is 0 Å². The van der Waals surface area contributed by atoms with E-state index in [2.05, 4.69) is 53.9 Å². The highest BCUT2D eigenvalue weighted by atomic mass is 15.0. The Balaban J connectivity index is 1.84. The molecule has 1 heterocycles. The molecule has 0 unspecified atom stereocenters. The number of para-hydroxylation sites is 1. The second-order valence-corrected chi connectivity index (χ2v) is 9.75. The highest BCUT2D eigenvalue weighted by Crippen LogP contribution is 2.32. The Morgan fingerprint density at radius 3 is 1.66 bits per heavy atom. The summed E-state index contributed by atoms with van der Waals surface area (Å²) in [5.41, 5.74) is 2.85. The molecule has 2 aromatic rings. The largest absolute Gasteiger partial charge is 0.306 e. The van der Waals surface area contributed by atoms with Crippen molar-refractivity contribution >= 4 is 0 Å². The van der Waals surface area contributed by atoms with Crippen molar-refractivity contribution in [3.8, 4) is 5.69 Å². The van der Waals surface area contributed by atoms with Crippen molar-refractivity contribution in [2.45, 2.75) is 135 Å². The van der Waals surface area contributed by atoms with Gasteiger partial charge in [-0.2, -0.15) is 0 Å². The van der Waals surface area contributed by atoms with Crippen molar-refractivity contribution in [1.29, 1.82) is 0 Å². The van der Waals surface area contributed by atoms with Crippen LogP contribution in [0.3, 0.4) is 0 Å². The standard InChI is InChI=1S/C30H50N2/c1-3-5-7-9-11-13-15-17-21-28(22-18-16-14-12-10-8-6-4-2)29-23-19-20-24-30(29)32-26-25-31-27-32/h19-20,23-28H,3-18,21-22H2,1-2H3. The molecule has 32 heavy (non-hydrogen) atoms. The van der Waals surface area contributed by atoms with Gasteiger partial charge >= 0.3 is 0 Å². The molecular weight excluding hydrogens is 388 g/mol. The van der Waals surface area contributed by atoms with Crippen LogP contribution in [-0.2, 0) is 0 Å². The lowest BCUT2D eigenvalue weighted by atomic mass is 9.87. The summed E-state index contributed by atoms with van der Waals surface area (Å²) in [5.74, 6) is 0.675. The first kappa shape index (κ1) is 26.7. The van der Waals surface area contributed by atoms with Crippen LogP contribution in [0, 0.1) is 0 Å². The zero-order valence-corrected chi connectivity index (χ0v) is 21.2. The van der Waals surface area contributed by atoms with E-state index in [1.165, 1.54) is 127 Å². The smallest absolute Gasteiger partial charge is 0.0991 e. The van der Waals surface area contributed by atoms with Crippen LogP contribution in [-0.4, -0.2) is 9.55 Å². The normalized spacial score (nSPS) is 11.5. The van der Waals surface area contributed by atoms with Crippen LogP contribution in [0.5, 0.6) is 0 Å². The molecule has 2 nitrogen and oxygen atoms in total. The number of imidazole rings is 1. The van der Waals surface area contributed by atoms with E-state index in [1.807, 2.05) is 12.5 Å². The van der Waals surface area contributed by atoms with Crippen molar-refractivity contribution in [1.82, 2.24) is 9.55 Å². The highest BCUT2D eigenvalue weighted by molar-refractivity contribution is 5.43. The number of benzene rings is 1. The number of rotatable bonds is 20. The predicted molar refractivity (Wildman–Crippen MR) is 141 cm³/mol. The van der Waals surface area contributed by atoms with E-state index in [-0.39, 0.29) is 0 Å². The first-order chi connectivity index (χ1) is 15.9. The van der Waals surface area contributed by atoms with Gasteiger partial charge in [-0.15, -0.1) is 0 Å². The third-order valence-electron chi connectivity index (χ3n) is 6.97. The van der Waals surface area contributed by atoms with Gasteiger partial charge in [-0.25, -0.2) is 4.98 Å². The van der Waals surface area contributed by atoms with Crippen molar-refractivity contribution < 1.29 is 0 Å². The molecule has 0 fully saturated rings. The van der Waals surface area contributed by atoms with E-state index in [4.69, 9.17) is 0 Å². The number of nitrogens with zero attached hydrogens (tertiary/aromatic N) is 2. The minimum atomic E-state index is 0.675. The molecule has 0 radical (unpaired) electrons. The summed E-state index contributed by atoms with van der Waals surface area (Å²) >= 11 is 0. The maximum Gasteiger partial charge on any atom is 0.0991 e. The molecule has 0 spiro atoms. The van der Waals surface area contributed by atoms with Gasteiger partial charge in [0.25, 0.3) is 0 Å². The van der Waals surface area contributed by atoms with Crippen LogP contribution in [0.2, 0.25) is 0 Å². The average molecular weight is 439 g/mol. The Labute approximate surface area is 199 Å². The fourth-order valence-electron chi connectivity index (χ4n) is 4.97. The fourth-order valence-corrected chi connectivity index (χ4v) is 4.97. The second-order valence-electron chi connectivity index (χ2n) is 9.75. The quantitative estimate of drug-likeness (QED) is 0.188. The Hall–Kier alpha value is -1.57. The Kier molecular flexibility index (Phi) is 14.9. The van der Waals surface area contributed by atoms with Gasteiger partial charge < -0.3 is 4.57 Å². The van der Waals surface area contributed by atoms with Crippen LogP contribution >= 0.6 is 0 Å². The van der Waals surface area contributed by atoms with E-state index in [9.17, 15) is 0 Å². The molecule has 0 atom stereocenters. The summed E-state index contributed by atoms with van der Waals surface area (Å²) in [5, 5.41) is 0. The monoisotopic (exact) mass is 438 g/mol. The van der Waals surface area contributed by atoms with Crippen LogP contribution in [0.1, 0.15) is 141 Å². The summed E-state index contributed by atoms with van der Waals surface area (Å²) in [4.78, 5) is 4.30. The SMILES string of the molecule is CCCCCCCCCCC(CCCCCCCCCC)c1ccccc1-n1ccnc1. The van der Waals surface area contributed by atoms with Crippen molar-refractivity contribution in [2.24, 2.45) is 0 Å². The number of aromatic nitrogens is 2. The summed E-state index contributed by atoms with van der Waals surface area (Å²) in [6.07, 6.45) is 31.0. The van der Waals surface area contributed by atoms with Crippen LogP contribution in [0.4, 0.5) is 0 Å². The highest BCUT2D eigenvalue weighted by Gasteiger charge is 2.16. The van der Waals surface area contributed by atoms with Gasteiger partial charge in [0.05, 0.1) is 6.33 Å². The van der Waals surface area contributed by atoms with Crippen LogP contribution in [0.15, 0.2) is 43.0 Å². The van der Waals surface area contributed by atoms with Crippen LogP contribution < -0.4 is 0 Å². The molecule has 2 rings (SSSR count). The van der Waals surface area contributed by atoms with Gasteiger partial charge in [0.15, 0.2) is 0 Å².